The summed E-state index contributed by atoms with van der Waals surface area (Å²) in [4.78, 5) is 4.64. The van der Waals surface area contributed by atoms with Crippen molar-refractivity contribution in [2.75, 3.05) is 51.3 Å². The second-order valence-electron chi connectivity index (χ2n) is 6.86. The molecule has 27 heavy (non-hydrogen) atoms. The molecule has 0 amide bonds. The molecule has 2 aromatic rings. The van der Waals surface area contributed by atoms with Crippen molar-refractivity contribution in [2.45, 2.75) is 13.0 Å². The van der Waals surface area contributed by atoms with E-state index in [-0.39, 0.29) is 6.61 Å². The Bertz CT molecular complexity index is 731. The molecule has 0 aromatic heterocycles. The van der Waals surface area contributed by atoms with Gasteiger partial charge in [-0.3, -0.25) is 4.90 Å². The number of methoxy groups -OCH3 is 1. The largest absolute Gasteiger partial charge is 0.497 e. The second kappa shape index (κ2) is 9.31. The highest BCUT2D eigenvalue weighted by atomic mass is 35.5. The molecule has 3 rings (SSSR count). The van der Waals surface area contributed by atoms with E-state index in [1.54, 1.807) is 13.2 Å². The van der Waals surface area contributed by atoms with Gasteiger partial charge in [-0.2, -0.15) is 0 Å². The van der Waals surface area contributed by atoms with E-state index < -0.39 is 6.10 Å². The Hall–Kier alpha value is -1.95. The first kappa shape index (κ1) is 19.8. The van der Waals surface area contributed by atoms with Crippen molar-refractivity contribution in [2.24, 2.45) is 0 Å². The highest BCUT2D eigenvalue weighted by Gasteiger charge is 2.20. The summed E-state index contributed by atoms with van der Waals surface area (Å²) in [6.07, 6.45) is -0.521. The van der Waals surface area contributed by atoms with Crippen molar-refractivity contribution in [1.82, 2.24) is 4.90 Å². The fourth-order valence-corrected chi connectivity index (χ4v) is 3.52. The smallest absolute Gasteiger partial charge is 0.122 e. The number of piperazine rings is 1. The van der Waals surface area contributed by atoms with Gasteiger partial charge < -0.3 is 19.5 Å². The number of anilines is 1. The number of hydrogen-bond acceptors (Lipinski definition) is 5. The molecule has 0 aliphatic carbocycles. The van der Waals surface area contributed by atoms with E-state index in [4.69, 9.17) is 21.1 Å². The van der Waals surface area contributed by atoms with E-state index in [0.717, 1.165) is 43.2 Å². The Morgan fingerprint density at radius 2 is 1.78 bits per heavy atom. The molecule has 2 aromatic carbocycles. The van der Waals surface area contributed by atoms with Gasteiger partial charge in [-0.25, -0.2) is 0 Å². The summed E-state index contributed by atoms with van der Waals surface area (Å²) in [5.41, 5.74) is 2.18. The number of ether oxygens (including phenoxy) is 2. The van der Waals surface area contributed by atoms with E-state index in [9.17, 15) is 5.11 Å². The fourth-order valence-electron chi connectivity index (χ4n) is 3.29. The van der Waals surface area contributed by atoms with Crippen molar-refractivity contribution in [3.05, 3.63) is 53.1 Å². The van der Waals surface area contributed by atoms with Gasteiger partial charge in [0.1, 0.15) is 24.2 Å². The van der Waals surface area contributed by atoms with Crippen LogP contribution in [0.15, 0.2) is 42.5 Å². The molecule has 1 atom stereocenters. The summed E-state index contributed by atoms with van der Waals surface area (Å²) in [7, 11) is 1.68. The molecule has 0 bridgehead atoms. The van der Waals surface area contributed by atoms with Gasteiger partial charge in [0.2, 0.25) is 0 Å². The minimum atomic E-state index is -0.521. The third-order valence-corrected chi connectivity index (χ3v) is 5.08. The average Bonchev–Trinajstić information content (AvgIpc) is 2.68. The van der Waals surface area contributed by atoms with Gasteiger partial charge in [-0.1, -0.05) is 11.6 Å². The predicted molar refractivity (Wildman–Crippen MR) is 109 cm³/mol. The number of halogens is 1. The van der Waals surface area contributed by atoms with Crippen LogP contribution in [0.3, 0.4) is 0 Å². The van der Waals surface area contributed by atoms with Gasteiger partial charge in [-0.05, 0) is 55.0 Å². The normalized spacial score (nSPS) is 16.2. The van der Waals surface area contributed by atoms with Gasteiger partial charge in [0.25, 0.3) is 0 Å². The zero-order valence-electron chi connectivity index (χ0n) is 15.9. The number of aliphatic hydroxyl groups is 1. The van der Waals surface area contributed by atoms with Crippen molar-refractivity contribution in [3.63, 3.8) is 0 Å². The summed E-state index contributed by atoms with van der Waals surface area (Å²) >= 11 is 5.96. The number of rotatable bonds is 7. The van der Waals surface area contributed by atoms with Gasteiger partial charge in [0.15, 0.2) is 0 Å². The average molecular weight is 391 g/mol. The highest BCUT2D eigenvalue weighted by molar-refractivity contribution is 6.30. The maximum absolute atomic E-state index is 10.3. The van der Waals surface area contributed by atoms with E-state index in [1.165, 1.54) is 5.69 Å². The molecule has 1 aliphatic heterocycles. The zero-order chi connectivity index (χ0) is 19.2. The lowest BCUT2D eigenvalue weighted by atomic mass is 10.2. The molecule has 1 heterocycles. The fraction of sp³-hybridized carbons (Fsp3) is 0.429. The molecule has 146 valence electrons. The molecule has 1 aliphatic rings. The van der Waals surface area contributed by atoms with Gasteiger partial charge in [0, 0.05) is 43.4 Å². The van der Waals surface area contributed by atoms with E-state index in [0.29, 0.717) is 11.6 Å². The quantitative estimate of drug-likeness (QED) is 0.786. The summed E-state index contributed by atoms with van der Waals surface area (Å²) in [5, 5.41) is 11.0. The maximum atomic E-state index is 10.3. The standard InChI is InChI=1S/C21H27ClN2O3/c1-16-13-17(22)3-8-21(16)27-15-19(25)14-23-9-11-24(12-10-23)18-4-6-20(26-2)7-5-18/h3-8,13,19,25H,9-12,14-15H2,1-2H3/t19-/m0/s1. The van der Waals surface area contributed by atoms with Crippen LogP contribution in [-0.2, 0) is 0 Å². The van der Waals surface area contributed by atoms with Crippen LogP contribution < -0.4 is 14.4 Å². The lowest BCUT2D eigenvalue weighted by Gasteiger charge is -2.36. The lowest BCUT2D eigenvalue weighted by Crippen LogP contribution is -2.49. The molecule has 1 fully saturated rings. The minimum Gasteiger partial charge on any atom is -0.497 e. The second-order valence-corrected chi connectivity index (χ2v) is 7.30. The lowest BCUT2D eigenvalue weighted by molar-refractivity contribution is 0.0661. The third kappa shape index (κ3) is 5.51. The van der Waals surface area contributed by atoms with Gasteiger partial charge in [0.05, 0.1) is 7.11 Å². The van der Waals surface area contributed by atoms with Crippen molar-refractivity contribution >= 4 is 17.3 Å². The first-order valence-corrected chi connectivity index (χ1v) is 9.61. The van der Waals surface area contributed by atoms with Crippen LogP contribution >= 0.6 is 11.6 Å². The molecular formula is C21H27ClN2O3. The van der Waals surface area contributed by atoms with Crippen LogP contribution in [0, 0.1) is 6.92 Å². The first-order valence-electron chi connectivity index (χ1n) is 9.23. The van der Waals surface area contributed by atoms with E-state index in [1.807, 2.05) is 31.2 Å². The highest BCUT2D eigenvalue weighted by Crippen LogP contribution is 2.22. The van der Waals surface area contributed by atoms with Gasteiger partial charge in [-0.15, -0.1) is 0 Å². The van der Waals surface area contributed by atoms with Crippen LogP contribution in [0.4, 0.5) is 5.69 Å². The van der Waals surface area contributed by atoms with Crippen LogP contribution in [0.2, 0.25) is 5.02 Å². The topological polar surface area (TPSA) is 45.2 Å². The van der Waals surface area contributed by atoms with E-state index >= 15 is 0 Å². The summed E-state index contributed by atoms with van der Waals surface area (Å²) in [6, 6.07) is 13.7. The Balaban J connectivity index is 1.42. The van der Waals surface area contributed by atoms with Gasteiger partial charge >= 0.3 is 0 Å². The Labute approximate surface area is 166 Å². The zero-order valence-corrected chi connectivity index (χ0v) is 16.7. The number of aryl methyl sites for hydroxylation is 1. The summed E-state index contributed by atoms with van der Waals surface area (Å²) in [5.74, 6) is 1.64. The molecule has 0 saturated carbocycles. The van der Waals surface area contributed by atoms with Crippen molar-refractivity contribution < 1.29 is 14.6 Å². The number of nitrogens with zero attached hydrogens (tertiary/aromatic N) is 2. The molecule has 1 saturated heterocycles. The summed E-state index contributed by atoms with van der Waals surface area (Å²) in [6.45, 7) is 6.56. The van der Waals surface area contributed by atoms with Crippen LogP contribution in [-0.4, -0.2) is 62.6 Å². The first-order chi connectivity index (χ1) is 13.0. The third-order valence-electron chi connectivity index (χ3n) is 4.85. The molecule has 0 unspecified atom stereocenters. The van der Waals surface area contributed by atoms with Crippen LogP contribution in [0.1, 0.15) is 5.56 Å². The Morgan fingerprint density at radius 1 is 1.07 bits per heavy atom. The number of hydrogen-bond donors (Lipinski definition) is 1. The SMILES string of the molecule is COc1ccc(N2CCN(C[C@H](O)COc3ccc(Cl)cc3C)CC2)cc1. The number of β-amino-alcohol motifs (C(OH)–C–C–N with tert-alkyl or cyclic N) is 1. The molecule has 0 radical (unpaired) electrons. The molecule has 1 N–H and O–H groups in total. The van der Waals surface area contributed by atoms with Crippen molar-refractivity contribution in [1.29, 1.82) is 0 Å². The number of aliphatic hydroxyl groups excluding tert-OH is 1. The Morgan fingerprint density at radius 3 is 2.41 bits per heavy atom. The predicted octanol–water partition coefficient (Wildman–Crippen LogP) is 3.22. The van der Waals surface area contributed by atoms with Crippen LogP contribution in [0.25, 0.3) is 0 Å². The Kier molecular flexibility index (Phi) is 6.83. The molecule has 5 nitrogen and oxygen atoms in total. The van der Waals surface area contributed by atoms with Crippen molar-refractivity contribution in [3.8, 4) is 11.5 Å². The molecule has 6 heteroatoms. The maximum Gasteiger partial charge on any atom is 0.122 e. The number of benzene rings is 2. The van der Waals surface area contributed by atoms with E-state index in [2.05, 4.69) is 21.9 Å². The minimum absolute atomic E-state index is 0.279. The van der Waals surface area contributed by atoms with Crippen LogP contribution in [0.5, 0.6) is 11.5 Å². The summed E-state index contributed by atoms with van der Waals surface area (Å²) < 4.78 is 11.0. The monoisotopic (exact) mass is 390 g/mol. The molecule has 0 spiro atoms. The molecular weight excluding hydrogens is 364 g/mol.